The van der Waals surface area contributed by atoms with E-state index in [-0.39, 0.29) is 18.7 Å². The van der Waals surface area contributed by atoms with Gasteiger partial charge in [-0.3, -0.25) is 0 Å². The highest BCUT2D eigenvalue weighted by atomic mass is 19.1. The van der Waals surface area contributed by atoms with Crippen LogP contribution in [0.15, 0.2) is 12.7 Å². The van der Waals surface area contributed by atoms with Gasteiger partial charge in [-0.2, -0.15) is 0 Å². The zero-order valence-electron chi connectivity index (χ0n) is 10.1. The fraction of sp³-hybridized carbons (Fsp3) is 0.545. The van der Waals surface area contributed by atoms with Gasteiger partial charge in [-0.05, 0) is 0 Å². The summed E-state index contributed by atoms with van der Waals surface area (Å²) in [7, 11) is 0. The number of imidazole rings is 1. The molecule has 0 spiro atoms. The number of nitrogen functional groups attached to an aromatic ring is 1. The Morgan fingerprint density at radius 2 is 2.21 bits per heavy atom. The second-order valence-electron chi connectivity index (χ2n) is 4.93. The number of nitrogens with zero attached hydrogens (tertiary/aromatic N) is 4. The maximum atomic E-state index is 14.1. The fourth-order valence-corrected chi connectivity index (χ4v) is 2.63. The molecule has 2 aromatic heterocycles. The van der Waals surface area contributed by atoms with E-state index in [1.54, 1.807) is 4.57 Å². The summed E-state index contributed by atoms with van der Waals surface area (Å²) in [6, 6.07) is -0.517. The van der Waals surface area contributed by atoms with Gasteiger partial charge in [0.05, 0.1) is 25.1 Å². The van der Waals surface area contributed by atoms with Crippen LogP contribution >= 0.6 is 0 Å². The van der Waals surface area contributed by atoms with E-state index in [0.717, 1.165) is 0 Å². The summed E-state index contributed by atoms with van der Waals surface area (Å²) in [5, 5.41) is 19.0. The molecule has 3 atom stereocenters. The summed E-state index contributed by atoms with van der Waals surface area (Å²) < 4.78 is 15.7. The molecule has 8 heteroatoms. The van der Waals surface area contributed by atoms with Gasteiger partial charge in [0.25, 0.3) is 0 Å². The van der Waals surface area contributed by atoms with E-state index >= 15 is 0 Å². The topological polar surface area (TPSA) is 110 Å². The number of aliphatic hydroxyl groups excluding tert-OH is 2. The number of nitrogens with two attached hydrogens (primary N) is 1. The van der Waals surface area contributed by atoms with Crippen LogP contribution in [0.1, 0.15) is 18.9 Å². The maximum Gasteiger partial charge on any atom is 0.165 e. The van der Waals surface area contributed by atoms with E-state index in [9.17, 15) is 9.50 Å². The Balaban J connectivity index is 2.04. The summed E-state index contributed by atoms with van der Waals surface area (Å²) in [6.07, 6.45) is 1.78. The molecule has 4 N–H and O–H groups in total. The first-order valence-electron chi connectivity index (χ1n) is 5.95. The average Bonchev–Trinajstić information content (AvgIpc) is 2.92. The molecule has 7 nitrogen and oxygen atoms in total. The largest absolute Gasteiger partial charge is 0.393 e. The van der Waals surface area contributed by atoms with Gasteiger partial charge in [-0.1, -0.05) is 0 Å². The molecule has 1 saturated carbocycles. The number of halogens is 1. The minimum absolute atomic E-state index is 0.0139. The van der Waals surface area contributed by atoms with Crippen molar-refractivity contribution in [2.45, 2.75) is 30.7 Å². The van der Waals surface area contributed by atoms with Crippen molar-refractivity contribution in [3.63, 3.8) is 0 Å². The number of hydrogen-bond acceptors (Lipinski definition) is 6. The molecule has 0 radical (unpaired) electrons. The van der Waals surface area contributed by atoms with Crippen LogP contribution in [0, 0.1) is 0 Å². The molecular weight excluding hydrogens is 253 g/mol. The van der Waals surface area contributed by atoms with Crippen molar-refractivity contribution in [2.24, 2.45) is 0 Å². The Morgan fingerprint density at radius 3 is 2.89 bits per heavy atom. The smallest absolute Gasteiger partial charge is 0.165 e. The van der Waals surface area contributed by atoms with Crippen molar-refractivity contribution in [2.75, 3.05) is 12.3 Å². The number of rotatable bonds is 2. The normalized spacial score (nSPS) is 31.1. The standard InChI is InChI=1S/C11H14FN5O2/c12-11(3-18)1-6(7(19)2-11)17-5-16-8-9(13)14-4-15-10(8)17/h4-7,18-19H,1-3H2,(H2,13,14,15). The summed E-state index contributed by atoms with van der Waals surface area (Å²) in [5.41, 5.74) is 4.80. The molecule has 0 bridgehead atoms. The quantitative estimate of drug-likeness (QED) is 0.695. The van der Waals surface area contributed by atoms with Crippen LogP contribution in [0.3, 0.4) is 0 Å². The van der Waals surface area contributed by atoms with Crippen molar-refractivity contribution in [3.05, 3.63) is 12.7 Å². The van der Waals surface area contributed by atoms with Crippen molar-refractivity contribution in [1.82, 2.24) is 19.5 Å². The van der Waals surface area contributed by atoms with Crippen molar-refractivity contribution in [3.8, 4) is 0 Å². The van der Waals surface area contributed by atoms with Gasteiger partial charge in [0.2, 0.25) is 0 Å². The van der Waals surface area contributed by atoms with Crippen LogP contribution in [-0.4, -0.2) is 48.1 Å². The fourth-order valence-electron chi connectivity index (χ4n) is 2.63. The first-order chi connectivity index (χ1) is 9.04. The first-order valence-corrected chi connectivity index (χ1v) is 5.95. The minimum Gasteiger partial charge on any atom is -0.393 e. The molecular formula is C11H14FN5O2. The molecule has 0 saturated heterocycles. The Labute approximate surface area is 107 Å². The van der Waals surface area contributed by atoms with Gasteiger partial charge in [0, 0.05) is 12.8 Å². The predicted molar refractivity (Wildman–Crippen MR) is 64.9 cm³/mol. The summed E-state index contributed by atoms with van der Waals surface area (Å²) >= 11 is 0. The second kappa shape index (κ2) is 4.10. The molecule has 1 fully saturated rings. The molecule has 2 heterocycles. The zero-order valence-corrected chi connectivity index (χ0v) is 10.1. The highest BCUT2D eigenvalue weighted by Gasteiger charge is 2.46. The Kier molecular flexibility index (Phi) is 2.64. The molecule has 1 aliphatic rings. The summed E-state index contributed by atoms with van der Waals surface area (Å²) in [4.78, 5) is 12.0. The summed E-state index contributed by atoms with van der Waals surface area (Å²) in [5.74, 6) is 0.241. The number of alkyl halides is 1. The van der Waals surface area contributed by atoms with E-state index in [1.165, 1.54) is 12.7 Å². The SMILES string of the molecule is Nc1ncnc2c1ncn2C1CC(F)(CO)CC1O. The van der Waals surface area contributed by atoms with Crippen molar-refractivity contribution < 1.29 is 14.6 Å². The molecule has 0 amide bonds. The van der Waals surface area contributed by atoms with Gasteiger partial charge in [-0.25, -0.2) is 19.3 Å². The lowest BCUT2D eigenvalue weighted by Gasteiger charge is -2.17. The maximum absolute atomic E-state index is 14.1. The lowest BCUT2D eigenvalue weighted by atomic mass is 10.1. The molecule has 0 aliphatic heterocycles. The second-order valence-corrected chi connectivity index (χ2v) is 4.93. The third-order valence-electron chi connectivity index (χ3n) is 3.62. The lowest BCUT2D eigenvalue weighted by Crippen LogP contribution is -2.24. The molecule has 1 aliphatic carbocycles. The average molecular weight is 267 g/mol. The van der Waals surface area contributed by atoms with Gasteiger partial charge in [0.15, 0.2) is 11.5 Å². The van der Waals surface area contributed by atoms with Gasteiger partial charge in [0.1, 0.15) is 17.5 Å². The van der Waals surface area contributed by atoms with Crippen LogP contribution in [0.5, 0.6) is 0 Å². The van der Waals surface area contributed by atoms with E-state index in [4.69, 9.17) is 10.8 Å². The van der Waals surface area contributed by atoms with Gasteiger partial charge < -0.3 is 20.5 Å². The Hall–Kier alpha value is -1.80. The molecule has 102 valence electrons. The zero-order chi connectivity index (χ0) is 13.6. The van der Waals surface area contributed by atoms with Crippen LogP contribution < -0.4 is 5.73 Å². The molecule has 19 heavy (non-hydrogen) atoms. The third kappa shape index (κ3) is 1.83. The van der Waals surface area contributed by atoms with Crippen LogP contribution in [0.25, 0.3) is 11.2 Å². The lowest BCUT2D eigenvalue weighted by molar-refractivity contribution is 0.0607. The number of anilines is 1. The van der Waals surface area contributed by atoms with Crippen molar-refractivity contribution in [1.29, 1.82) is 0 Å². The number of aliphatic hydroxyl groups is 2. The predicted octanol–water partition coefficient (Wildman–Crippen LogP) is -0.195. The monoisotopic (exact) mass is 267 g/mol. The highest BCUT2D eigenvalue weighted by Crippen LogP contribution is 2.41. The molecule has 2 aromatic rings. The van der Waals surface area contributed by atoms with Gasteiger partial charge in [-0.15, -0.1) is 0 Å². The van der Waals surface area contributed by atoms with Gasteiger partial charge >= 0.3 is 0 Å². The molecule has 0 aromatic carbocycles. The van der Waals surface area contributed by atoms with E-state index in [1.807, 2.05) is 0 Å². The number of aromatic nitrogens is 4. The van der Waals surface area contributed by atoms with E-state index in [2.05, 4.69) is 15.0 Å². The minimum atomic E-state index is -1.76. The molecule has 3 unspecified atom stereocenters. The van der Waals surface area contributed by atoms with E-state index in [0.29, 0.717) is 11.2 Å². The number of hydrogen-bond donors (Lipinski definition) is 3. The first kappa shape index (κ1) is 12.2. The van der Waals surface area contributed by atoms with Crippen LogP contribution in [-0.2, 0) is 0 Å². The summed E-state index contributed by atoms with van der Waals surface area (Å²) in [6.45, 7) is -0.607. The third-order valence-corrected chi connectivity index (χ3v) is 3.62. The Morgan fingerprint density at radius 1 is 1.42 bits per heavy atom. The number of fused-ring (bicyclic) bond motifs is 1. The molecule has 3 rings (SSSR count). The highest BCUT2D eigenvalue weighted by molar-refractivity contribution is 5.81. The van der Waals surface area contributed by atoms with Crippen LogP contribution in [0.2, 0.25) is 0 Å². The van der Waals surface area contributed by atoms with Crippen molar-refractivity contribution >= 4 is 17.0 Å². The van der Waals surface area contributed by atoms with E-state index < -0.39 is 24.4 Å². The Bertz CT molecular complexity index is 618. The van der Waals surface area contributed by atoms with Crippen LogP contribution in [0.4, 0.5) is 10.2 Å².